The number of hydrogen-bond acceptors (Lipinski definition) is 3. The number of hydrogen-bond donors (Lipinski definition) is 1. The second-order valence-corrected chi connectivity index (χ2v) is 8.31. The van der Waals surface area contributed by atoms with Gasteiger partial charge < -0.3 is 15.1 Å². The highest BCUT2D eigenvalue weighted by Gasteiger charge is 2.38. The van der Waals surface area contributed by atoms with E-state index in [-0.39, 0.29) is 0 Å². The zero-order valence-electron chi connectivity index (χ0n) is 15.2. The van der Waals surface area contributed by atoms with Crippen LogP contribution in [-0.4, -0.2) is 61.7 Å². The van der Waals surface area contributed by atoms with Crippen molar-refractivity contribution in [3.63, 3.8) is 0 Å². The highest BCUT2D eigenvalue weighted by molar-refractivity contribution is 4.97. The molecule has 0 amide bonds. The van der Waals surface area contributed by atoms with Crippen molar-refractivity contribution < 1.29 is 0 Å². The van der Waals surface area contributed by atoms with Gasteiger partial charge in [-0.15, -0.1) is 0 Å². The predicted molar refractivity (Wildman–Crippen MR) is 91.7 cm³/mol. The average molecular weight is 296 g/mol. The van der Waals surface area contributed by atoms with Crippen LogP contribution in [0.25, 0.3) is 0 Å². The minimum Gasteiger partial charge on any atom is -0.312 e. The lowest BCUT2D eigenvalue weighted by molar-refractivity contribution is 0.0582. The minimum atomic E-state index is 0.379. The van der Waals surface area contributed by atoms with Gasteiger partial charge in [-0.05, 0) is 59.2 Å². The molecule has 0 radical (unpaired) electrons. The molecule has 21 heavy (non-hydrogen) atoms. The lowest BCUT2D eigenvalue weighted by Crippen LogP contribution is -2.58. The SMILES string of the molecule is CC1CCCC(CNC2CC(C)N(C)CC2C)(N(C)C)C1. The zero-order chi connectivity index (χ0) is 15.6. The van der Waals surface area contributed by atoms with E-state index >= 15 is 0 Å². The summed E-state index contributed by atoms with van der Waals surface area (Å²) in [5.74, 6) is 1.63. The van der Waals surface area contributed by atoms with Crippen LogP contribution in [0, 0.1) is 11.8 Å². The Balaban J connectivity index is 1.95. The molecule has 5 atom stereocenters. The third kappa shape index (κ3) is 4.00. The van der Waals surface area contributed by atoms with Gasteiger partial charge in [0.05, 0.1) is 0 Å². The topological polar surface area (TPSA) is 18.5 Å². The lowest BCUT2D eigenvalue weighted by atomic mass is 9.75. The molecule has 3 nitrogen and oxygen atoms in total. The predicted octanol–water partition coefficient (Wildman–Crippen LogP) is 2.82. The number of nitrogens with zero attached hydrogens (tertiary/aromatic N) is 2. The van der Waals surface area contributed by atoms with Crippen molar-refractivity contribution in [2.45, 2.75) is 70.5 Å². The van der Waals surface area contributed by atoms with Gasteiger partial charge in [-0.1, -0.05) is 26.7 Å². The van der Waals surface area contributed by atoms with E-state index in [1.165, 1.54) is 38.6 Å². The molecule has 1 saturated heterocycles. The Bertz CT molecular complexity index is 330. The molecule has 2 rings (SSSR count). The molecule has 1 N–H and O–H groups in total. The van der Waals surface area contributed by atoms with Crippen molar-refractivity contribution in [1.29, 1.82) is 0 Å². The fraction of sp³-hybridized carbons (Fsp3) is 1.00. The van der Waals surface area contributed by atoms with E-state index in [1.54, 1.807) is 0 Å². The highest BCUT2D eigenvalue weighted by atomic mass is 15.2. The highest BCUT2D eigenvalue weighted by Crippen LogP contribution is 2.35. The zero-order valence-corrected chi connectivity index (χ0v) is 15.2. The maximum absolute atomic E-state index is 3.97. The van der Waals surface area contributed by atoms with Crippen molar-refractivity contribution >= 4 is 0 Å². The van der Waals surface area contributed by atoms with Crippen LogP contribution in [0.15, 0.2) is 0 Å². The van der Waals surface area contributed by atoms with Crippen LogP contribution in [0.1, 0.15) is 52.9 Å². The van der Waals surface area contributed by atoms with Gasteiger partial charge in [-0.2, -0.15) is 0 Å². The van der Waals surface area contributed by atoms with Gasteiger partial charge in [0.15, 0.2) is 0 Å². The Morgan fingerprint density at radius 2 is 1.95 bits per heavy atom. The van der Waals surface area contributed by atoms with E-state index < -0.39 is 0 Å². The fourth-order valence-corrected chi connectivity index (χ4v) is 4.50. The van der Waals surface area contributed by atoms with Crippen LogP contribution in [0.5, 0.6) is 0 Å². The quantitative estimate of drug-likeness (QED) is 0.860. The van der Waals surface area contributed by atoms with Gasteiger partial charge in [0.2, 0.25) is 0 Å². The molecule has 124 valence electrons. The van der Waals surface area contributed by atoms with Gasteiger partial charge >= 0.3 is 0 Å². The molecule has 1 saturated carbocycles. The number of nitrogens with one attached hydrogen (secondary N) is 1. The normalized spacial score (nSPS) is 42.4. The summed E-state index contributed by atoms with van der Waals surface area (Å²) in [5.41, 5.74) is 0.379. The van der Waals surface area contributed by atoms with Crippen molar-refractivity contribution in [2.24, 2.45) is 11.8 Å². The Morgan fingerprint density at radius 3 is 2.57 bits per heavy atom. The van der Waals surface area contributed by atoms with E-state index in [2.05, 4.69) is 57.0 Å². The first-order valence-electron chi connectivity index (χ1n) is 8.95. The largest absolute Gasteiger partial charge is 0.312 e. The molecule has 1 heterocycles. The Hall–Kier alpha value is -0.120. The molecule has 0 aromatic rings. The molecule has 0 bridgehead atoms. The number of piperidine rings is 1. The van der Waals surface area contributed by atoms with Gasteiger partial charge in [0.1, 0.15) is 0 Å². The summed E-state index contributed by atoms with van der Waals surface area (Å²) in [4.78, 5) is 5.01. The third-order valence-electron chi connectivity index (χ3n) is 6.32. The van der Waals surface area contributed by atoms with Crippen LogP contribution < -0.4 is 5.32 Å². The third-order valence-corrected chi connectivity index (χ3v) is 6.32. The van der Waals surface area contributed by atoms with E-state index in [0.29, 0.717) is 17.6 Å². The number of likely N-dealkylation sites (N-methyl/N-ethyl adjacent to an activating group) is 1. The van der Waals surface area contributed by atoms with E-state index in [9.17, 15) is 0 Å². The monoisotopic (exact) mass is 295 g/mol. The fourth-order valence-electron chi connectivity index (χ4n) is 4.50. The number of rotatable bonds is 4. The molecule has 0 spiro atoms. The van der Waals surface area contributed by atoms with Gasteiger partial charge in [0.25, 0.3) is 0 Å². The summed E-state index contributed by atoms with van der Waals surface area (Å²) in [5, 5.41) is 3.97. The maximum atomic E-state index is 3.97. The standard InChI is InChI=1S/C18H37N3/c1-14-8-7-9-18(11-14,20(4)5)13-19-17-10-16(3)21(6)12-15(17)2/h14-17,19H,7-13H2,1-6H3. The van der Waals surface area contributed by atoms with Crippen LogP contribution in [-0.2, 0) is 0 Å². The molecule has 2 fully saturated rings. The first kappa shape index (κ1) is 17.2. The summed E-state index contributed by atoms with van der Waals surface area (Å²) in [6, 6.07) is 1.39. The second kappa shape index (κ2) is 6.97. The first-order valence-corrected chi connectivity index (χ1v) is 8.95. The lowest BCUT2D eigenvalue weighted by Gasteiger charge is -2.47. The molecule has 0 aromatic heterocycles. The summed E-state index contributed by atoms with van der Waals surface area (Å²) in [7, 11) is 6.82. The van der Waals surface area contributed by atoms with E-state index in [4.69, 9.17) is 0 Å². The summed E-state index contributed by atoms with van der Waals surface area (Å²) in [6.07, 6.45) is 6.80. The van der Waals surface area contributed by atoms with Crippen LogP contribution >= 0.6 is 0 Å². The maximum Gasteiger partial charge on any atom is 0.0330 e. The smallest absolute Gasteiger partial charge is 0.0330 e. The molecule has 2 aliphatic rings. The molecular weight excluding hydrogens is 258 g/mol. The van der Waals surface area contributed by atoms with Gasteiger partial charge in [-0.25, -0.2) is 0 Å². The number of likely N-dealkylation sites (tertiary alicyclic amines) is 1. The Kier molecular flexibility index (Phi) is 5.72. The first-order chi connectivity index (χ1) is 9.84. The minimum absolute atomic E-state index is 0.379. The molecule has 3 heteroatoms. The van der Waals surface area contributed by atoms with E-state index in [1.807, 2.05) is 0 Å². The van der Waals surface area contributed by atoms with Crippen LogP contribution in [0.4, 0.5) is 0 Å². The molecular formula is C18H37N3. The average Bonchev–Trinajstić information content (AvgIpc) is 2.41. The van der Waals surface area contributed by atoms with Gasteiger partial charge in [-0.3, -0.25) is 0 Å². The van der Waals surface area contributed by atoms with Crippen molar-refractivity contribution in [3.8, 4) is 0 Å². The van der Waals surface area contributed by atoms with E-state index in [0.717, 1.165) is 18.4 Å². The molecule has 1 aliphatic heterocycles. The van der Waals surface area contributed by atoms with Crippen molar-refractivity contribution in [3.05, 3.63) is 0 Å². The van der Waals surface area contributed by atoms with Crippen molar-refractivity contribution in [2.75, 3.05) is 34.2 Å². The summed E-state index contributed by atoms with van der Waals surface area (Å²) < 4.78 is 0. The van der Waals surface area contributed by atoms with Gasteiger partial charge in [0, 0.05) is 30.7 Å². The molecule has 1 aliphatic carbocycles. The van der Waals surface area contributed by atoms with Crippen LogP contribution in [0.3, 0.4) is 0 Å². The summed E-state index contributed by atoms with van der Waals surface area (Å²) in [6.45, 7) is 9.59. The Labute approximate surface area is 132 Å². The van der Waals surface area contributed by atoms with Crippen LogP contribution in [0.2, 0.25) is 0 Å². The molecule has 0 aromatic carbocycles. The summed E-state index contributed by atoms with van der Waals surface area (Å²) >= 11 is 0. The van der Waals surface area contributed by atoms with Crippen molar-refractivity contribution in [1.82, 2.24) is 15.1 Å². The Morgan fingerprint density at radius 1 is 1.24 bits per heavy atom. The molecule has 5 unspecified atom stereocenters. The second-order valence-electron chi connectivity index (χ2n) is 8.31.